The Morgan fingerprint density at radius 1 is 0.814 bits per heavy atom. The van der Waals surface area contributed by atoms with Gasteiger partial charge < -0.3 is 33.9 Å². The largest absolute Gasteiger partial charge is 0.491 e. The molecule has 15 nitrogen and oxygen atoms in total. The molecule has 5 aliphatic rings. The van der Waals surface area contributed by atoms with Crippen molar-refractivity contribution in [2.24, 2.45) is 5.92 Å². The molecule has 1 aliphatic carbocycles. The number of carbonyl (C=O) groups is 4. The van der Waals surface area contributed by atoms with Gasteiger partial charge in [0.1, 0.15) is 36.5 Å². The van der Waals surface area contributed by atoms with Gasteiger partial charge >= 0.3 is 12.1 Å². The maximum atomic E-state index is 16.7. The highest BCUT2D eigenvalue weighted by Crippen LogP contribution is 2.67. The summed E-state index contributed by atoms with van der Waals surface area (Å²) < 4.78 is 24.0. The average Bonchev–Trinajstić information content (AvgIpc) is 3.86. The lowest BCUT2D eigenvalue weighted by atomic mass is 9.64. The summed E-state index contributed by atoms with van der Waals surface area (Å²) in [6.07, 6.45) is 7.49. The number of carbonyl (C=O) groups excluding carboxylic acids is 4. The molecule has 1 N–H and O–H groups in total. The first-order valence-corrected chi connectivity index (χ1v) is 23.9. The monoisotopic (exact) mass is 942 g/mol. The van der Waals surface area contributed by atoms with E-state index in [1.165, 1.54) is 7.11 Å². The molecule has 70 heavy (non-hydrogen) atoms. The quantitative estimate of drug-likeness (QED) is 0.0869. The number of hydrogen-bond donors (Lipinski definition) is 1. The SMILES string of the molecule is COCCOC(=O)N1C(=O)C2(c3cc(C#CC4=CCCCC4)ccc31)C(C(=O)N1CCN(c3ncccn3)CC1)C1C(=O)OC(c3ccccc3)C(c3ccccc3)N1C2c1ccccc1OCCO. The number of imide groups is 1. The fourth-order valence-electron chi connectivity index (χ4n) is 11.1. The zero-order valence-electron chi connectivity index (χ0n) is 38.9. The number of benzene rings is 4. The van der Waals surface area contributed by atoms with Crippen LogP contribution in [0.3, 0.4) is 0 Å². The molecule has 0 saturated carbocycles. The first kappa shape index (κ1) is 46.4. The van der Waals surface area contributed by atoms with E-state index in [4.69, 9.17) is 18.9 Å². The summed E-state index contributed by atoms with van der Waals surface area (Å²) in [5.41, 5.74) is 1.96. The molecular weight excluding hydrogens is 889 g/mol. The molecular formula is C55H54N6O9. The van der Waals surface area contributed by atoms with Crippen molar-refractivity contribution in [2.45, 2.75) is 55.3 Å². The molecule has 358 valence electrons. The Morgan fingerprint density at radius 3 is 2.26 bits per heavy atom. The third kappa shape index (κ3) is 8.35. The van der Waals surface area contributed by atoms with Crippen molar-refractivity contribution in [1.29, 1.82) is 0 Å². The normalized spacial score (nSPS) is 24.0. The number of ether oxygens (including phenoxy) is 4. The zero-order valence-corrected chi connectivity index (χ0v) is 38.9. The van der Waals surface area contributed by atoms with Gasteiger partial charge in [0.2, 0.25) is 17.8 Å². The van der Waals surface area contributed by atoms with E-state index in [1.54, 1.807) is 53.7 Å². The van der Waals surface area contributed by atoms with Crippen LogP contribution in [0, 0.1) is 17.8 Å². The molecule has 0 bridgehead atoms. The molecule has 3 fully saturated rings. The van der Waals surface area contributed by atoms with Crippen LogP contribution in [0.5, 0.6) is 5.75 Å². The zero-order chi connectivity index (χ0) is 48.2. The van der Waals surface area contributed by atoms with Crippen molar-refractivity contribution in [1.82, 2.24) is 19.8 Å². The van der Waals surface area contributed by atoms with E-state index in [9.17, 15) is 9.90 Å². The molecule has 10 rings (SSSR count). The Bertz CT molecular complexity index is 2830. The Balaban J connectivity index is 1.25. The van der Waals surface area contributed by atoms with Gasteiger partial charge in [-0.15, -0.1) is 0 Å². The van der Waals surface area contributed by atoms with Gasteiger partial charge in [0.25, 0.3) is 0 Å². The lowest BCUT2D eigenvalue weighted by Gasteiger charge is -2.46. The van der Waals surface area contributed by atoms with Gasteiger partial charge in [0, 0.05) is 56.8 Å². The number of amides is 3. The Hall–Kier alpha value is -7.38. The number of allylic oxidation sites excluding steroid dienone is 2. The lowest BCUT2D eigenvalue weighted by molar-refractivity contribution is -0.179. The summed E-state index contributed by atoms with van der Waals surface area (Å²) in [7, 11) is 1.48. The molecule has 1 aromatic heterocycles. The van der Waals surface area contributed by atoms with Gasteiger partial charge in [-0.2, -0.15) is 0 Å². The number of morpholine rings is 1. The number of hydrogen-bond acceptors (Lipinski definition) is 13. The molecule has 15 heteroatoms. The Kier molecular flexibility index (Phi) is 13.4. The van der Waals surface area contributed by atoms with Crippen molar-refractivity contribution < 1.29 is 43.2 Å². The highest BCUT2D eigenvalue weighted by atomic mass is 16.6. The molecule has 4 aliphatic heterocycles. The van der Waals surface area contributed by atoms with Crippen molar-refractivity contribution in [3.8, 4) is 17.6 Å². The number of piperazine rings is 1. The van der Waals surface area contributed by atoms with Crippen LogP contribution in [0.4, 0.5) is 16.4 Å². The minimum atomic E-state index is -2.05. The lowest BCUT2D eigenvalue weighted by Crippen LogP contribution is -2.59. The molecule has 0 radical (unpaired) electrons. The Labute approximate surface area is 406 Å². The minimum Gasteiger partial charge on any atom is -0.491 e. The maximum Gasteiger partial charge on any atom is 0.421 e. The summed E-state index contributed by atoms with van der Waals surface area (Å²) in [5, 5.41) is 10.1. The molecule has 5 aromatic rings. The smallest absolute Gasteiger partial charge is 0.421 e. The van der Waals surface area contributed by atoms with Crippen LogP contribution in [0.1, 0.15) is 71.7 Å². The second-order valence-corrected chi connectivity index (χ2v) is 17.9. The summed E-state index contributed by atoms with van der Waals surface area (Å²) in [6.45, 7) is 0.677. The van der Waals surface area contributed by atoms with E-state index < -0.39 is 59.4 Å². The number of aromatic nitrogens is 2. The minimum absolute atomic E-state index is 0.0662. The number of aliphatic hydroxyl groups excluding tert-OH is 1. The van der Waals surface area contributed by atoms with Crippen LogP contribution >= 0.6 is 0 Å². The van der Waals surface area contributed by atoms with Gasteiger partial charge in [-0.3, -0.25) is 19.3 Å². The van der Waals surface area contributed by atoms with Crippen molar-refractivity contribution in [2.75, 3.05) is 69.5 Å². The van der Waals surface area contributed by atoms with E-state index in [-0.39, 0.29) is 45.2 Å². The number of aliphatic hydroxyl groups is 1. The second-order valence-electron chi connectivity index (χ2n) is 17.9. The third-order valence-electron chi connectivity index (χ3n) is 14.1. The first-order chi connectivity index (χ1) is 34.3. The van der Waals surface area contributed by atoms with E-state index in [0.717, 1.165) is 41.7 Å². The number of cyclic esters (lactones) is 1. The summed E-state index contributed by atoms with van der Waals surface area (Å²) in [6, 6.07) is 29.8. The van der Waals surface area contributed by atoms with Crippen LogP contribution in [0.25, 0.3) is 0 Å². The highest BCUT2D eigenvalue weighted by Gasteiger charge is 2.76. The number of anilines is 2. The molecule has 6 atom stereocenters. The number of rotatable bonds is 11. The van der Waals surface area contributed by atoms with Crippen LogP contribution in [0.2, 0.25) is 0 Å². The molecule has 6 unspecified atom stereocenters. The first-order valence-electron chi connectivity index (χ1n) is 23.9. The molecule has 3 saturated heterocycles. The van der Waals surface area contributed by atoms with Crippen LogP contribution in [0.15, 0.2) is 133 Å². The topological polar surface area (TPSA) is 164 Å². The van der Waals surface area contributed by atoms with E-state index >= 15 is 14.4 Å². The number of esters is 1. The van der Waals surface area contributed by atoms with Gasteiger partial charge in [-0.05, 0) is 78.3 Å². The van der Waals surface area contributed by atoms with E-state index in [2.05, 4.69) is 27.9 Å². The summed E-state index contributed by atoms with van der Waals surface area (Å²) >= 11 is 0. The molecule has 4 aromatic carbocycles. The Morgan fingerprint density at radius 2 is 1.54 bits per heavy atom. The number of para-hydroxylation sites is 1. The number of fused-ring (bicyclic) bond motifs is 3. The van der Waals surface area contributed by atoms with Crippen LogP contribution in [-0.4, -0.2) is 115 Å². The maximum absolute atomic E-state index is 16.7. The standard InChI is InChI=1S/C55H54N6O9/c1-67-34-35-69-54(66)60-43-25-24-38(23-22-37-14-5-2-6-15-37)36-42(43)55(52(60)65)45(50(63)58-28-30-59(31-29-58)53-56-26-13-27-57-53)47-51(64)70-48(40-18-9-4-10-19-40)46(39-16-7-3-8-17-39)61(47)49(55)41-20-11-12-21-44(41)68-33-32-62/h3-4,7-14,16-21,24-27,36,45-49,62H,2,5-6,15,28-35H2,1H3. The predicted molar refractivity (Wildman–Crippen MR) is 258 cm³/mol. The van der Waals surface area contributed by atoms with Crippen LogP contribution in [-0.2, 0) is 34.0 Å². The summed E-state index contributed by atoms with van der Waals surface area (Å²) in [4.78, 5) is 78.9. The predicted octanol–water partition coefficient (Wildman–Crippen LogP) is 6.50. The van der Waals surface area contributed by atoms with Gasteiger partial charge in [-0.1, -0.05) is 96.8 Å². The van der Waals surface area contributed by atoms with Crippen molar-refractivity contribution >= 4 is 35.5 Å². The highest BCUT2D eigenvalue weighted by molar-refractivity contribution is 6.23. The van der Waals surface area contributed by atoms with Gasteiger partial charge in [0.15, 0.2) is 0 Å². The molecule has 3 amide bonds. The molecule has 1 spiro atoms. The van der Waals surface area contributed by atoms with Crippen molar-refractivity contribution in [3.05, 3.63) is 161 Å². The third-order valence-corrected chi connectivity index (χ3v) is 14.1. The fourth-order valence-corrected chi connectivity index (χ4v) is 11.1. The fraction of sp³-hybridized carbons (Fsp3) is 0.345. The van der Waals surface area contributed by atoms with Gasteiger partial charge in [0.05, 0.1) is 36.9 Å². The average molecular weight is 943 g/mol. The summed E-state index contributed by atoms with van der Waals surface area (Å²) in [5.74, 6) is 4.13. The number of nitrogens with zero attached hydrogens (tertiary/aromatic N) is 6. The van der Waals surface area contributed by atoms with Gasteiger partial charge in [-0.25, -0.2) is 19.7 Å². The molecule has 5 heterocycles. The number of methoxy groups -OCH3 is 1. The second kappa shape index (κ2) is 20.3. The van der Waals surface area contributed by atoms with Crippen LogP contribution < -0.4 is 14.5 Å². The van der Waals surface area contributed by atoms with E-state index in [0.29, 0.717) is 47.0 Å². The van der Waals surface area contributed by atoms with Crippen molar-refractivity contribution in [3.63, 3.8) is 0 Å². The van der Waals surface area contributed by atoms with E-state index in [1.807, 2.05) is 82.6 Å².